The van der Waals surface area contributed by atoms with Gasteiger partial charge in [0.15, 0.2) is 5.78 Å². The van der Waals surface area contributed by atoms with Gasteiger partial charge in [0.1, 0.15) is 5.82 Å². The van der Waals surface area contributed by atoms with Gasteiger partial charge in [0.25, 0.3) is 0 Å². The molecule has 0 spiro atoms. The summed E-state index contributed by atoms with van der Waals surface area (Å²) in [6.07, 6.45) is 5.82. The van der Waals surface area contributed by atoms with Gasteiger partial charge in [0, 0.05) is 48.2 Å². The largest absolute Gasteiger partial charge is 0.380 e. The van der Waals surface area contributed by atoms with Crippen LogP contribution in [0.3, 0.4) is 0 Å². The van der Waals surface area contributed by atoms with Gasteiger partial charge in [-0.1, -0.05) is 12.1 Å². The number of aromatic nitrogens is 1. The molecule has 1 aromatic carbocycles. The highest BCUT2D eigenvalue weighted by Crippen LogP contribution is 2.42. The highest BCUT2D eigenvalue weighted by atomic mass is 19.1. The van der Waals surface area contributed by atoms with Crippen LogP contribution in [-0.4, -0.2) is 17.3 Å². The van der Waals surface area contributed by atoms with Crippen LogP contribution in [-0.2, 0) is 4.79 Å². The summed E-state index contributed by atoms with van der Waals surface area (Å²) in [5.41, 5.74) is 5.87. The molecule has 0 unspecified atom stereocenters. The average Bonchev–Trinajstić information content (AvgIpc) is 2.68. The van der Waals surface area contributed by atoms with Crippen molar-refractivity contribution in [1.82, 2.24) is 10.3 Å². The van der Waals surface area contributed by atoms with Gasteiger partial charge in [0.05, 0.1) is 5.69 Å². The quantitative estimate of drug-likeness (QED) is 0.850. The molecule has 2 aromatic rings. The third kappa shape index (κ3) is 3.50. The second kappa shape index (κ2) is 7.35. The zero-order chi connectivity index (χ0) is 18.8. The van der Waals surface area contributed by atoms with E-state index in [-0.39, 0.29) is 17.5 Å². The second-order valence-electron chi connectivity index (χ2n) is 7.02. The summed E-state index contributed by atoms with van der Waals surface area (Å²) in [4.78, 5) is 16.9. The van der Waals surface area contributed by atoms with Crippen molar-refractivity contribution in [3.63, 3.8) is 0 Å². The van der Waals surface area contributed by atoms with E-state index in [1.807, 2.05) is 19.1 Å². The van der Waals surface area contributed by atoms with E-state index in [9.17, 15) is 9.18 Å². The molecule has 5 heteroatoms. The minimum Gasteiger partial charge on any atom is -0.380 e. The van der Waals surface area contributed by atoms with Crippen molar-refractivity contribution in [2.75, 3.05) is 11.9 Å². The van der Waals surface area contributed by atoms with Crippen LogP contribution in [0.2, 0.25) is 0 Å². The van der Waals surface area contributed by atoms with Gasteiger partial charge in [-0.2, -0.15) is 0 Å². The average molecular weight is 363 g/mol. The van der Waals surface area contributed by atoms with E-state index in [4.69, 9.17) is 0 Å². The van der Waals surface area contributed by atoms with Crippen molar-refractivity contribution in [3.05, 3.63) is 82.7 Å². The molecule has 0 bridgehead atoms. The minimum atomic E-state index is -0.271. The molecule has 138 valence electrons. The maximum atomic E-state index is 13.5. The Morgan fingerprint density at radius 3 is 2.78 bits per heavy atom. The minimum absolute atomic E-state index is 0.154. The number of ketones is 1. The molecule has 0 saturated carbocycles. The van der Waals surface area contributed by atoms with E-state index in [2.05, 4.69) is 15.6 Å². The maximum Gasteiger partial charge on any atom is 0.161 e. The Balaban J connectivity index is 1.72. The van der Waals surface area contributed by atoms with Gasteiger partial charge in [-0.25, -0.2) is 4.39 Å². The molecule has 1 aliphatic heterocycles. The second-order valence-corrected chi connectivity index (χ2v) is 7.02. The highest BCUT2D eigenvalue weighted by molar-refractivity contribution is 5.99. The van der Waals surface area contributed by atoms with Crippen LogP contribution in [0, 0.1) is 5.82 Å². The molecule has 0 amide bonds. The summed E-state index contributed by atoms with van der Waals surface area (Å²) in [6, 6.07) is 10.3. The number of dihydropyridines is 1. The predicted molar refractivity (Wildman–Crippen MR) is 104 cm³/mol. The van der Waals surface area contributed by atoms with Crippen LogP contribution in [0.15, 0.2) is 71.3 Å². The van der Waals surface area contributed by atoms with E-state index in [0.717, 1.165) is 46.6 Å². The fraction of sp³-hybridized carbons (Fsp3) is 0.273. The summed E-state index contributed by atoms with van der Waals surface area (Å²) in [5.74, 6) is -0.240. The van der Waals surface area contributed by atoms with Gasteiger partial charge in [-0.3, -0.25) is 9.78 Å². The molecular weight excluding hydrogens is 341 g/mol. The van der Waals surface area contributed by atoms with Crippen molar-refractivity contribution in [2.24, 2.45) is 0 Å². The van der Waals surface area contributed by atoms with Crippen LogP contribution in [0.25, 0.3) is 0 Å². The van der Waals surface area contributed by atoms with Gasteiger partial charge in [0.2, 0.25) is 0 Å². The van der Waals surface area contributed by atoms with Crippen LogP contribution >= 0.6 is 0 Å². The molecule has 4 nitrogen and oxygen atoms in total. The first-order valence-electron chi connectivity index (χ1n) is 9.26. The normalized spacial score (nSPS) is 19.6. The summed E-state index contributed by atoms with van der Waals surface area (Å²) in [5, 5.41) is 6.85. The lowest BCUT2D eigenvalue weighted by molar-refractivity contribution is -0.116. The van der Waals surface area contributed by atoms with Crippen molar-refractivity contribution in [2.45, 2.75) is 32.1 Å². The first kappa shape index (κ1) is 17.5. The van der Waals surface area contributed by atoms with Gasteiger partial charge >= 0.3 is 0 Å². The lowest BCUT2D eigenvalue weighted by atomic mass is 9.75. The molecule has 1 aliphatic carbocycles. The molecule has 0 fully saturated rings. The number of allylic oxidation sites excluding steroid dienone is 3. The number of hydrogen-bond acceptors (Lipinski definition) is 4. The number of nitrogens with zero attached hydrogens (tertiary/aromatic N) is 1. The number of halogens is 1. The van der Waals surface area contributed by atoms with E-state index in [1.165, 1.54) is 12.1 Å². The van der Waals surface area contributed by atoms with Crippen molar-refractivity contribution in [1.29, 1.82) is 0 Å². The van der Waals surface area contributed by atoms with Crippen LogP contribution in [0.5, 0.6) is 0 Å². The Kier molecular flexibility index (Phi) is 4.75. The highest BCUT2D eigenvalue weighted by Gasteiger charge is 2.35. The Bertz CT molecular complexity index is 916. The number of carbonyl (C=O) groups is 1. The lowest BCUT2D eigenvalue weighted by Crippen LogP contribution is -2.33. The number of Topliss-reactive ketones (excluding diaryl/α,β-unsaturated/α-hetero) is 1. The fourth-order valence-electron chi connectivity index (χ4n) is 3.95. The Morgan fingerprint density at radius 2 is 2.04 bits per heavy atom. The number of anilines is 1. The number of hydrogen-bond donors (Lipinski definition) is 2. The number of nitrogens with one attached hydrogen (secondary N) is 2. The van der Waals surface area contributed by atoms with Crippen LogP contribution in [0.1, 0.15) is 37.7 Å². The smallest absolute Gasteiger partial charge is 0.161 e. The Morgan fingerprint density at radius 1 is 1.22 bits per heavy atom. The monoisotopic (exact) mass is 363 g/mol. The van der Waals surface area contributed by atoms with Crippen molar-refractivity contribution in [3.8, 4) is 0 Å². The Hall–Kier alpha value is -2.95. The van der Waals surface area contributed by atoms with Gasteiger partial charge < -0.3 is 10.6 Å². The van der Waals surface area contributed by atoms with Crippen LogP contribution < -0.4 is 10.6 Å². The Labute approximate surface area is 158 Å². The first-order chi connectivity index (χ1) is 13.1. The predicted octanol–water partition coefficient (Wildman–Crippen LogP) is 4.30. The van der Waals surface area contributed by atoms with E-state index in [1.54, 1.807) is 24.5 Å². The molecule has 27 heavy (non-hydrogen) atoms. The molecular formula is C22H22FN3O. The topological polar surface area (TPSA) is 54.0 Å². The number of rotatable bonds is 4. The zero-order valence-electron chi connectivity index (χ0n) is 15.3. The van der Waals surface area contributed by atoms with E-state index in [0.29, 0.717) is 13.0 Å². The maximum absolute atomic E-state index is 13.5. The lowest BCUT2D eigenvalue weighted by Gasteiger charge is -2.35. The van der Waals surface area contributed by atoms with Gasteiger partial charge in [-0.05, 0) is 55.2 Å². The third-order valence-electron chi connectivity index (χ3n) is 5.26. The standard InChI is InChI=1S/C22H22FN3O/c1-14-18(13-25-17-4-3-11-24-12-17)21(15-7-9-16(23)10-8-15)22-19(26-14)5-2-6-20(22)27/h3-4,7-12,21,25-26H,2,5-6,13H2,1H3/t21-/m1/s1. The first-order valence-corrected chi connectivity index (χ1v) is 9.26. The SMILES string of the molecule is CC1=C(CNc2cccnc2)[C@@H](c2ccc(F)cc2)C2=C(CCCC2=O)N1. The molecule has 2 aliphatic rings. The molecule has 0 radical (unpaired) electrons. The summed E-state index contributed by atoms with van der Waals surface area (Å²) >= 11 is 0. The number of carbonyl (C=O) groups excluding carboxylic acids is 1. The molecule has 1 atom stereocenters. The zero-order valence-corrected chi connectivity index (χ0v) is 15.3. The van der Waals surface area contributed by atoms with Gasteiger partial charge in [-0.15, -0.1) is 0 Å². The van der Waals surface area contributed by atoms with Crippen molar-refractivity contribution >= 4 is 11.5 Å². The third-order valence-corrected chi connectivity index (χ3v) is 5.26. The number of pyridine rings is 1. The van der Waals surface area contributed by atoms with Crippen molar-refractivity contribution < 1.29 is 9.18 Å². The van der Waals surface area contributed by atoms with E-state index >= 15 is 0 Å². The molecule has 1 aromatic heterocycles. The fourth-order valence-corrected chi connectivity index (χ4v) is 3.95. The molecule has 2 N–H and O–H groups in total. The number of benzene rings is 1. The summed E-state index contributed by atoms with van der Waals surface area (Å²) < 4.78 is 13.5. The molecule has 0 saturated heterocycles. The summed E-state index contributed by atoms with van der Waals surface area (Å²) in [7, 11) is 0. The van der Waals surface area contributed by atoms with E-state index < -0.39 is 0 Å². The van der Waals surface area contributed by atoms with Crippen LogP contribution in [0.4, 0.5) is 10.1 Å². The molecule has 2 heterocycles. The summed E-state index contributed by atoms with van der Waals surface area (Å²) in [6.45, 7) is 2.62. The molecule has 4 rings (SSSR count).